The van der Waals surface area contributed by atoms with E-state index in [0.29, 0.717) is 12.2 Å². The molecule has 0 spiro atoms. The van der Waals surface area contributed by atoms with Gasteiger partial charge in [-0.25, -0.2) is 14.2 Å². The van der Waals surface area contributed by atoms with Gasteiger partial charge in [0.25, 0.3) is 0 Å². The van der Waals surface area contributed by atoms with Crippen LogP contribution in [0.2, 0.25) is 10.2 Å². The van der Waals surface area contributed by atoms with Crippen molar-refractivity contribution in [1.82, 2.24) is 19.7 Å². The molecule has 1 aliphatic heterocycles. The van der Waals surface area contributed by atoms with Crippen LogP contribution in [0.4, 0.5) is 14.9 Å². The number of ether oxygens (including phenoxy) is 1. The van der Waals surface area contributed by atoms with Gasteiger partial charge in [-0.15, -0.1) is 4.40 Å². The largest absolute Gasteiger partial charge is 0.444 e. The summed E-state index contributed by atoms with van der Waals surface area (Å²) in [6.45, 7) is 12.5. The number of rotatable bonds is 8. The van der Waals surface area contributed by atoms with Gasteiger partial charge in [0.15, 0.2) is 5.84 Å². The van der Waals surface area contributed by atoms with Crippen LogP contribution in [0.25, 0.3) is 11.3 Å². The molecule has 260 valence electrons. The highest BCUT2D eigenvalue weighted by Crippen LogP contribution is 2.34. The summed E-state index contributed by atoms with van der Waals surface area (Å²) in [6.07, 6.45) is -0.474. The Labute approximate surface area is 293 Å². The van der Waals surface area contributed by atoms with Crippen molar-refractivity contribution in [2.45, 2.75) is 65.6 Å². The summed E-state index contributed by atoms with van der Waals surface area (Å²) >= 11 is 13.4. The van der Waals surface area contributed by atoms with Crippen molar-refractivity contribution in [2.24, 2.45) is 4.40 Å². The molecule has 2 aromatic carbocycles. The Morgan fingerprint density at radius 2 is 1.83 bits per heavy atom. The van der Waals surface area contributed by atoms with Gasteiger partial charge < -0.3 is 19.4 Å². The number of benzene rings is 2. The molecule has 1 amide bonds. The number of amides is 1. The number of amidine groups is 1. The average Bonchev–Trinajstić information content (AvgIpc) is 2.97. The average molecular weight is 722 g/mol. The molecule has 1 saturated heterocycles. The number of carbonyl (C=O) groups is 1. The van der Waals surface area contributed by atoms with Crippen molar-refractivity contribution in [1.29, 1.82) is 0 Å². The molecule has 1 fully saturated rings. The highest BCUT2D eigenvalue weighted by molar-refractivity contribution is 7.91. The molecule has 4 rings (SSSR count). The molecule has 1 aliphatic rings. The minimum absolute atomic E-state index is 0.0117. The lowest BCUT2D eigenvalue weighted by atomic mass is 9.99. The lowest BCUT2D eigenvalue weighted by Gasteiger charge is -2.41. The van der Waals surface area contributed by atoms with Crippen LogP contribution in [0, 0.1) is 5.82 Å². The summed E-state index contributed by atoms with van der Waals surface area (Å²) in [6, 6.07) is 12.6. The molecule has 1 N–H and O–H groups in total. The number of pyridine rings is 1. The molecule has 0 saturated carbocycles. The smallest absolute Gasteiger partial charge is 0.410 e. The predicted octanol–water partition coefficient (Wildman–Crippen LogP) is 7.42. The van der Waals surface area contributed by atoms with Crippen LogP contribution in [-0.4, -0.2) is 85.4 Å². The minimum atomic E-state index is -4.41. The van der Waals surface area contributed by atoms with E-state index in [1.54, 1.807) is 48.8 Å². The number of nitrogens with one attached hydrogen (secondary N) is 1. The molecule has 48 heavy (non-hydrogen) atoms. The highest BCUT2D eigenvalue weighted by atomic mass is 35.5. The molecule has 0 bridgehead atoms. The number of anilines is 1. The third-order valence-electron chi connectivity index (χ3n) is 7.53. The van der Waals surface area contributed by atoms with Crippen molar-refractivity contribution in [2.75, 3.05) is 38.5 Å². The quantitative estimate of drug-likeness (QED) is 0.147. The Hall–Kier alpha value is -3.45. The van der Waals surface area contributed by atoms with Crippen LogP contribution in [0.1, 0.15) is 64.2 Å². The van der Waals surface area contributed by atoms with Gasteiger partial charge in [0.05, 0.1) is 22.0 Å². The number of nitrogens with zero attached hydrogens (tertiary/aromatic N) is 5. The van der Waals surface area contributed by atoms with Crippen molar-refractivity contribution in [3.8, 4) is 11.3 Å². The number of hydrogen-bond acceptors (Lipinski definition) is 6. The third kappa shape index (κ3) is 9.37. The van der Waals surface area contributed by atoms with E-state index in [9.17, 15) is 17.6 Å². The summed E-state index contributed by atoms with van der Waals surface area (Å²) in [4.78, 5) is 22.6. The fraction of sp³-hybridized carbons (Fsp3) is 0.441. The van der Waals surface area contributed by atoms with E-state index in [4.69, 9.17) is 27.9 Å². The second kappa shape index (κ2) is 15.0. The number of hydrogen-bond donors (Lipinski definition) is 1. The number of halogens is 3. The topological polar surface area (TPSA) is 107 Å². The van der Waals surface area contributed by atoms with Crippen LogP contribution in [-0.2, 0) is 21.5 Å². The van der Waals surface area contributed by atoms with E-state index < -0.39 is 33.8 Å². The second-order valence-corrected chi connectivity index (χ2v) is 15.5. The molecule has 2 heterocycles. The zero-order valence-corrected chi connectivity index (χ0v) is 30.8. The van der Waals surface area contributed by atoms with Crippen molar-refractivity contribution < 1.29 is 22.3 Å². The Kier molecular flexibility index (Phi) is 11.7. The van der Waals surface area contributed by atoms with Gasteiger partial charge in [-0.05, 0) is 83.1 Å². The van der Waals surface area contributed by atoms with Crippen LogP contribution >= 0.6 is 23.2 Å². The maximum absolute atomic E-state index is 14.7. The fourth-order valence-electron chi connectivity index (χ4n) is 5.41. The zero-order valence-electron chi connectivity index (χ0n) is 28.5. The van der Waals surface area contributed by atoms with Crippen molar-refractivity contribution in [3.63, 3.8) is 0 Å². The number of piperazine rings is 1. The Bertz CT molecular complexity index is 1800. The molecular weight excluding hydrogens is 678 g/mol. The molecule has 0 unspecified atom stereocenters. The van der Waals surface area contributed by atoms with Crippen LogP contribution < -0.4 is 4.72 Å². The monoisotopic (exact) mass is 720 g/mol. The van der Waals surface area contributed by atoms with Gasteiger partial charge >= 0.3 is 16.3 Å². The molecule has 10 nitrogen and oxygen atoms in total. The van der Waals surface area contributed by atoms with Gasteiger partial charge in [0, 0.05) is 37.8 Å². The maximum Gasteiger partial charge on any atom is 0.410 e. The Morgan fingerprint density at radius 1 is 1.15 bits per heavy atom. The highest BCUT2D eigenvalue weighted by Gasteiger charge is 2.34. The molecule has 1 atom stereocenters. The summed E-state index contributed by atoms with van der Waals surface area (Å²) in [5.41, 5.74) is 1.94. The molecule has 0 radical (unpaired) electrons. The lowest BCUT2D eigenvalue weighted by Crippen LogP contribution is -2.56. The number of aromatic nitrogens is 1. The zero-order chi connectivity index (χ0) is 35.6. The van der Waals surface area contributed by atoms with E-state index in [1.165, 1.54) is 18.2 Å². The van der Waals surface area contributed by atoms with Crippen LogP contribution in [0.15, 0.2) is 52.9 Å². The Morgan fingerprint density at radius 3 is 2.44 bits per heavy atom. The molecule has 1 aromatic heterocycles. The van der Waals surface area contributed by atoms with Gasteiger partial charge in [-0.1, -0.05) is 61.3 Å². The van der Waals surface area contributed by atoms with E-state index >= 15 is 0 Å². The lowest BCUT2D eigenvalue weighted by molar-refractivity contribution is 0.0134. The standard InChI is InChI=1S/C34H43Cl2FN6O4S/c1-21(2)25-17-23(20-41(7)8)13-14-29(25)39-48(45,46)40-32(43-16-15-42(19-22(43)3)33(44)47-34(4,5)6)26-18-27(35)30(38-31(26)36)24-11-9-10-12-28(24)37/h9-14,17-18,21-22,39H,15-16,19-20H2,1-8H3/b40-32-/t22-/m0/s1. The van der Waals surface area contributed by atoms with E-state index in [2.05, 4.69) is 14.1 Å². The summed E-state index contributed by atoms with van der Waals surface area (Å²) in [5, 5.41) is -0.0690. The van der Waals surface area contributed by atoms with E-state index in [-0.39, 0.29) is 58.4 Å². The van der Waals surface area contributed by atoms with Gasteiger partial charge in [-0.3, -0.25) is 4.72 Å². The second-order valence-electron chi connectivity index (χ2n) is 13.4. The fourth-order valence-corrected chi connectivity index (χ4v) is 6.83. The van der Waals surface area contributed by atoms with Gasteiger partial charge in [0.2, 0.25) is 0 Å². The summed E-state index contributed by atoms with van der Waals surface area (Å²) in [5.74, 6) is -0.549. The SMILES string of the molecule is CC(C)c1cc(CN(C)C)ccc1NS(=O)(=O)/N=C(/c1cc(Cl)c(-c2ccccc2F)nc1Cl)N1CCN(C(=O)OC(C)(C)C)C[C@@H]1C. The first-order valence-corrected chi connectivity index (χ1v) is 17.8. The predicted molar refractivity (Wildman–Crippen MR) is 191 cm³/mol. The Balaban J connectivity index is 1.79. The van der Waals surface area contributed by atoms with Crippen LogP contribution in [0.5, 0.6) is 0 Å². The first-order chi connectivity index (χ1) is 22.3. The van der Waals surface area contributed by atoms with E-state index in [0.717, 1.165) is 11.1 Å². The summed E-state index contributed by atoms with van der Waals surface area (Å²) in [7, 11) is -0.481. The number of carbonyl (C=O) groups excluding carboxylic acids is 1. The van der Waals surface area contributed by atoms with Gasteiger partial charge in [0.1, 0.15) is 16.6 Å². The molecule has 14 heteroatoms. The minimum Gasteiger partial charge on any atom is -0.444 e. The van der Waals surface area contributed by atoms with Crippen molar-refractivity contribution >= 4 is 51.0 Å². The molecule has 0 aliphatic carbocycles. The third-order valence-corrected chi connectivity index (χ3v) is 9.00. The van der Waals surface area contributed by atoms with Gasteiger partial charge in [-0.2, -0.15) is 8.42 Å². The first kappa shape index (κ1) is 37.4. The van der Waals surface area contributed by atoms with Crippen LogP contribution in [0.3, 0.4) is 0 Å². The first-order valence-electron chi connectivity index (χ1n) is 15.6. The normalized spacial score (nSPS) is 16.1. The van der Waals surface area contributed by atoms with E-state index in [1.807, 2.05) is 51.9 Å². The summed E-state index contributed by atoms with van der Waals surface area (Å²) < 4.78 is 54.9. The van der Waals surface area contributed by atoms with Crippen molar-refractivity contribution in [3.05, 3.63) is 81.2 Å². The molecule has 3 aromatic rings. The maximum atomic E-state index is 14.7. The molecular formula is C34H43Cl2FN6O4S.